The van der Waals surface area contributed by atoms with E-state index in [1.165, 1.54) is 18.3 Å². The smallest absolute Gasteiger partial charge is 0.393 e. The van der Waals surface area contributed by atoms with Crippen LogP contribution in [0.25, 0.3) is 0 Å². The summed E-state index contributed by atoms with van der Waals surface area (Å²) in [6, 6.07) is 2.81. The van der Waals surface area contributed by atoms with Crippen molar-refractivity contribution in [2.45, 2.75) is 24.0 Å². The lowest BCUT2D eigenvalue weighted by molar-refractivity contribution is -0.182. The molecule has 0 spiro atoms. The van der Waals surface area contributed by atoms with Gasteiger partial charge >= 0.3 is 6.18 Å². The molecule has 2 heterocycles. The topological polar surface area (TPSA) is 76.3 Å². The number of rotatable bonds is 2. The van der Waals surface area contributed by atoms with Crippen molar-refractivity contribution in [3.05, 3.63) is 18.3 Å². The van der Waals surface area contributed by atoms with Crippen LogP contribution in [0.4, 0.5) is 18.9 Å². The lowest BCUT2D eigenvalue weighted by Gasteiger charge is -2.32. The molecule has 1 aromatic heterocycles. The zero-order chi connectivity index (χ0) is 15.0. The van der Waals surface area contributed by atoms with E-state index >= 15 is 0 Å². The van der Waals surface area contributed by atoms with Crippen LogP contribution in [-0.4, -0.2) is 37.0 Å². The van der Waals surface area contributed by atoms with Crippen molar-refractivity contribution in [2.24, 2.45) is 5.92 Å². The monoisotopic (exact) mass is 309 g/mol. The summed E-state index contributed by atoms with van der Waals surface area (Å²) >= 11 is 0. The van der Waals surface area contributed by atoms with E-state index in [0.717, 1.165) is 4.31 Å². The Kier molecular flexibility index (Phi) is 3.92. The molecule has 2 N–H and O–H groups in total. The summed E-state index contributed by atoms with van der Waals surface area (Å²) in [6.07, 6.45) is -3.05. The summed E-state index contributed by atoms with van der Waals surface area (Å²) in [7, 11) is -4.09. The van der Waals surface area contributed by atoms with Gasteiger partial charge in [0.2, 0.25) is 0 Å². The number of anilines is 1. The molecule has 1 atom stereocenters. The molecule has 1 fully saturated rings. The van der Waals surface area contributed by atoms with Crippen LogP contribution in [0.15, 0.2) is 23.4 Å². The molecule has 0 aliphatic carbocycles. The highest BCUT2D eigenvalue weighted by atomic mass is 32.2. The van der Waals surface area contributed by atoms with Crippen LogP contribution >= 0.6 is 0 Å². The Morgan fingerprint density at radius 2 is 2.10 bits per heavy atom. The summed E-state index contributed by atoms with van der Waals surface area (Å²) in [5.41, 5.74) is 5.48. The van der Waals surface area contributed by atoms with E-state index in [-0.39, 0.29) is 30.1 Å². The second kappa shape index (κ2) is 5.21. The lowest BCUT2D eigenvalue weighted by Crippen LogP contribution is -2.44. The number of piperidine rings is 1. The van der Waals surface area contributed by atoms with E-state index in [9.17, 15) is 21.6 Å². The fraction of sp³-hybridized carbons (Fsp3) is 0.545. The molecule has 9 heteroatoms. The Morgan fingerprint density at radius 1 is 1.40 bits per heavy atom. The molecule has 1 aliphatic heterocycles. The van der Waals surface area contributed by atoms with Crippen molar-refractivity contribution >= 4 is 15.7 Å². The summed E-state index contributed by atoms with van der Waals surface area (Å²) in [5, 5.41) is -0.386. The predicted molar refractivity (Wildman–Crippen MR) is 66.2 cm³/mol. The number of aromatic nitrogens is 1. The van der Waals surface area contributed by atoms with Gasteiger partial charge in [0.1, 0.15) is 0 Å². The maximum Gasteiger partial charge on any atom is 0.393 e. The first-order valence-electron chi connectivity index (χ1n) is 6.00. The summed E-state index contributed by atoms with van der Waals surface area (Å²) in [5.74, 6) is -1.64. The molecule has 112 valence electrons. The molecule has 1 saturated heterocycles. The molecule has 2 rings (SSSR count). The summed E-state index contributed by atoms with van der Waals surface area (Å²) < 4.78 is 63.6. The zero-order valence-corrected chi connectivity index (χ0v) is 11.3. The van der Waals surface area contributed by atoms with Crippen LogP contribution in [0.1, 0.15) is 12.8 Å². The third-order valence-electron chi connectivity index (χ3n) is 3.23. The number of halogens is 3. The maximum atomic E-state index is 12.7. The van der Waals surface area contributed by atoms with E-state index in [4.69, 9.17) is 5.73 Å². The quantitative estimate of drug-likeness (QED) is 0.901. The molecule has 1 aliphatic rings. The average molecular weight is 309 g/mol. The highest BCUT2D eigenvalue weighted by molar-refractivity contribution is 7.89. The van der Waals surface area contributed by atoms with Gasteiger partial charge < -0.3 is 5.73 Å². The highest BCUT2D eigenvalue weighted by Crippen LogP contribution is 2.35. The standard InChI is InChI=1S/C11H14F3N3O2S/c12-11(13,14)8-3-2-6-17(7-8)20(18,19)10-9(15)4-1-5-16-10/h1,4-5,8H,2-3,6-7,15H2. The van der Waals surface area contributed by atoms with Gasteiger partial charge in [0.25, 0.3) is 10.0 Å². The number of sulfonamides is 1. The van der Waals surface area contributed by atoms with Crippen molar-refractivity contribution < 1.29 is 21.6 Å². The fourth-order valence-corrected chi connectivity index (χ4v) is 3.72. The Bertz CT molecular complexity index is 589. The predicted octanol–water partition coefficient (Wildman–Crippen LogP) is 1.63. The van der Waals surface area contributed by atoms with Gasteiger partial charge in [-0.1, -0.05) is 0 Å². The first-order valence-corrected chi connectivity index (χ1v) is 7.44. The van der Waals surface area contributed by atoms with Gasteiger partial charge in [0, 0.05) is 19.3 Å². The van der Waals surface area contributed by atoms with Crippen LogP contribution in [-0.2, 0) is 10.0 Å². The molecular weight excluding hydrogens is 295 g/mol. The first-order chi connectivity index (χ1) is 9.23. The normalized spacial score (nSPS) is 21.9. The van der Waals surface area contributed by atoms with Gasteiger partial charge in [0.15, 0.2) is 5.03 Å². The molecule has 0 bridgehead atoms. The summed E-state index contributed by atoms with van der Waals surface area (Å²) in [6.45, 7) is -0.535. The van der Waals surface area contributed by atoms with Crippen LogP contribution in [0.3, 0.4) is 0 Å². The Labute approximate surface area is 114 Å². The average Bonchev–Trinajstić information content (AvgIpc) is 2.38. The van der Waals surface area contributed by atoms with Crippen LogP contribution in [0.5, 0.6) is 0 Å². The summed E-state index contributed by atoms with van der Waals surface area (Å²) in [4.78, 5) is 3.68. The number of hydrogen-bond donors (Lipinski definition) is 1. The van der Waals surface area contributed by atoms with Crippen molar-refractivity contribution in [3.8, 4) is 0 Å². The minimum atomic E-state index is -4.40. The second-order valence-electron chi connectivity index (χ2n) is 4.64. The Morgan fingerprint density at radius 3 is 2.70 bits per heavy atom. The lowest BCUT2D eigenvalue weighted by atomic mass is 9.99. The van der Waals surface area contributed by atoms with Gasteiger partial charge in [0.05, 0.1) is 11.6 Å². The minimum Gasteiger partial charge on any atom is -0.396 e. The minimum absolute atomic E-state index is 0.0466. The molecule has 1 aromatic rings. The van der Waals surface area contributed by atoms with Crippen molar-refractivity contribution in [1.82, 2.24) is 9.29 Å². The largest absolute Gasteiger partial charge is 0.396 e. The highest BCUT2D eigenvalue weighted by Gasteiger charge is 2.44. The molecular formula is C11H14F3N3O2S. The number of pyridine rings is 1. The molecule has 0 amide bonds. The molecule has 5 nitrogen and oxygen atoms in total. The van der Waals surface area contributed by atoms with E-state index < -0.39 is 28.7 Å². The van der Waals surface area contributed by atoms with E-state index in [2.05, 4.69) is 4.98 Å². The number of nitrogens with zero attached hydrogens (tertiary/aromatic N) is 2. The third-order valence-corrected chi connectivity index (χ3v) is 5.07. The molecule has 20 heavy (non-hydrogen) atoms. The van der Waals surface area contributed by atoms with Gasteiger partial charge in [-0.2, -0.15) is 17.5 Å². The number of nitrogen functional groups attached to an aromatic ring is 1. The van der Waals surface area contributed by atoms with Crippen LogP contribution in [0.2, 0.25) is 0 Å². The Hall–Kier alpha value is -1.35. The Balaban J connectivity index is 2.29. The van der Waals surface area contributed by atoms with Gasteiger partial charge in [-0.05, 0) is 25.0 Å². The van der Waals surface area contributed by atoms with Crippen molar-refractivity contribution in [1.29, 1.82) is 0 Å². The first kappa shape index (κ1) is 15.0. The molecule has 0 saturated carbocycles. The third kappa shape index (κ3) is 2.88. The maximum absolute atomic E-state index is 12.7. The van der Waals surface area contributed by atoms with Crippen molar-refractivity contribution in [3.63, 3.8) is 0 Å². The molecule has 1 unspecified atom stereocenters. The van der Waals surface area contributed by atoms with E-state index in [1.54, 1.807) is 0 Å². The van der Waals surface area contributed by atoms with Gasteiger partial charge in [-0.15, -0.1) is 0 Å². The van der Waals surface area contributed by atoms with Crippen molar-refractivity contribution in [2.75, 3.05) is 18.8 Å². The SMILES string of the molecule is Nc1cccnc1S(=O)(=O)N1CCCC(C(F)(F)F)C1. The van der Waals surface area contributed by atoms with Gasteiger partial charge in [-0.25, -0.2) is 13.4 Å². The second-order valence-corrected chi connectivity index (χ2v) is 6.49. The van der Waals surface area contributed by atoms with Gasteiger partial charge in [-0.3, -0.25) is 0 Å². The zero-order valence-electron chi connectivity index (χ0n) is 10.5. The number of alkyl halides is 3. The van der Waals surface area contributed by atoms with Crippen LogP contribution in [0, 0.1) is 5.92 Å². The number of nitrogens with two attached hydrogens (primary N) is 1. The number of hydrogen-bond acceptors (Lipinski definition) is 4. The molecule has 0 aromatic carbocycles. The molecule has 0 radical (unpaired) electrons. The van der Waals surface area contributed by atoms with E-state index in [1.807, 2.05) is 0 Å². The van der Waals surface area contributed by atoms with Crippen LogP contribution < -0.4 is 5.73 Å². The van der Waals surface area contributed by atoms with E-state index in [0.29, 0.717) is 0 Å². The fourth-order valence-electron chi connectivity index (χ4n) is 2.17.